The minimum Gasteiger partial charge on any atom is -0.341 e. The van der Waals surface area contributed by atoms with Gasteiger partial charge in [0.15, 0.2) is 0 Å². The Balaban J connectivity index is 2.58. The predicted molar refractivity (Wildman–Crippen MR) is 70.8 cm³/mol. The number of nitrogens with zero attached hydrogens (tertiary/aromatic N) is 1. The standard InChI is InChI=1S/C10H17N3O3S2/c1-8(6-11)13(2)9(14)7-12-18(15,16)10-4-3-5-17-10/h3-5,8,12H,6-7,11H2,1-2H3. The Morgan fingerprint density at radius 1 is 1.61 bits per heavy atom. The van der Waals surface area contributed by atoms with Crippen LogP contribution in [-0.2, 0) is 14.8 Å². The largest absolute Gasteiger partial charge is 0.341 e. The Hall–Kier alpha value is -0.960. The van der Waals surface area contributed by atoms with Crippen LogP contribution < -0.4 is 10.5 Å². The van der Waals surface area contributed by atoms with E-state index >= 15 is 0 Å². The first-order chi connectivity index (χ1) is 8.38. The molecule has 1 unspecified atom stereocenters. The number of sulfonamides is 1. The van der Waals surface area contributed by atoms with Gasteiger partial charge in [0.05, 0.1) is 6.54 Å². The summed E-state index contributed by atoms with van der Waals surface area (Å²) in [5, 5.41) is 1.67. The molecule has 1 heterocycles. The molecule has 0 fully saturated rings. The molecule has 0 radical (unpaired) electrons. The van der Waals surface area contributed by atoms with Crippen LogP contribution in [-0.4, -0.2) is 45.4 Å². The average molecular weight is 291 g/mol. The van der Waals surface area contributed by atoms with Crippen molar-refractivity contribution in [2.24, 2.45) is 5.73 Å². The van der Waals surface area contributed by atoms with Gasteiger partial charge in [-0.2, -0.15) is 0 Å². The minimum absolute atomic E-state index is 0.122. The molecule has 0 aliphatic heterocycles. The first-order valence-corrected chi connectivity index (χ1v) is 7.73. The van der Waals surface area contributed by atoms with Crippen LogP contribution in [0.5, 0.6) is 0 Å². The van der Waals surface area contributed by atoms with Crippen LogP contribution in [0.15, 0.2) is 21.7 Å². The number of hydrogen-bond acceptors (Lipinski definition) is 5. The van der Waals surface area contributed by atoms with Gasteiger partial charge in [0, 0.05) is 19.6 Å². The lowest BCUT2D eigenvalue weighted by atomic mass is 10.3. The van der Waals surface area contributed by atoms with Gasteiger partial charge in [0.25, 0.3) is 10.0 Å². The summed E-state index contributed by atoms with van der Waals surface area (Å²) < 4.78 is 26.0. The second-order valence-electron chi connectivity index (χ2n) is 3.85. The monoisotopic (exact) mass is 291 g/mol. The van der Waals surface area contributed by atoms with E-state index in [4.69, 9.17) is 5.73 Å². The molecule has 0 bridgehead atoms. The van der Waals surface area contributed by atoms with Crippen molar-refractivity contribution >= 4 is 27.3 Å². The second kappa shape index (κ2) is 6.28. The van der Waals surface area contributed by atoms with Crippen molar-refractivity contribution in [3.8, 4) is 0 Å². The van der Waals surface area contributed by atoms with E-state index < -0.39 is 10.0 Å². The maximum absolute atomic E-state index is 11.8. The lowest BCUT2D eigenvalue weighted by Gasteiger charge is -2.23. The topological polar surface area (TPSA) is 92.5 Å². The lowest BCUT2D eigenvalue weighted by molar-refractivity contribution is -0.130. The number of likely N-dealkylation sites (N-methyl/N-ethyl adjacent to an activating group) is 1. The Bertz CT molecular complexity index is 484. The highest BCUT2D eigenvalue weighted by Crippen LogP contribution is 2.14. The van der Waals surface area contributed by atoms with Gasteiger partial charge in [-0.05, 0) is 18.4 Å². The van der Waals surface area contributed by atoms with Crippen LogP contribution >= 0.6 is 11.3 Å². The molecule has 0 aromatic carbocycles. The zero-order valence-electron chi connectivity index (χ0n) is 10.3. The molecule has 6 nitrogen and oxygen atoms in total. The predicted octanol–water partition coefficient (Wildman–Crippen LogP) is -0.168. The number of carbonyl (C=O) groups is 1. The first kappa shape index (κ1) is 15.1. The van der Waals surface area contributed by atoms with Gasteiger partial charge in [-0.25, -0.2) is 13.1 Å². The highest BCUT2D eigenvalue weighted by Gasteiger charge is 2.19. The van der Waals surface area contributed by atoms with E-state index in [1.54, 1.807) is 25.4 Å². The number of hydrogen-bond donors (Lipinski definition) is 2. The summed E-state index contributed by atoms with van der Waals surface area (Å²) >= 11 is 1.11. The summed E-state index contributed by atoms with van der Waals surface area (Å²) in [7, 11) is -1.99. The third-order valence-electron chi connectivity index (χ3n) is 2.57. The molecule has 0 spiro atoms. The molecule has 1 amide bonds. The number of nitrogens with one attached hydrogen (secondary N) is 1. The summed E-state index contributed by atoms with van der Waals surface area (Å²) in [5.41, 5.74) is 5.44. The molecule has 0 saturated carbocycles. The van der Waals surface area contributed by atoms with Gasteiger partial charge in [0.1, 0.15) is 4.21 Å². The zero-order valence-corrected chi connectivity index (χ0v) is 11.9. The SMILES string of the molecule is CC(CN)N(C)C(=O)CNS(=O)(=O)c1cccs1. The van der Waals surface area contributed by atoms with Crippen molar-refractivity contribution < 1.29 is 13.2 Å². The van der Waals surface area contributed by atoms with Crippen molar-refractivity contribution in [3.05, 3.63) is 17.5 Å². The molecule has 0 aliphatic rings. The third kappa shape index (κ3) is 3.77. The number of thiophene rings is 1. The molecule has 1 aromatic rings. The molecule has 102 valence electrons. The number of nitrogens with two attached hydrogens (primary N) is 1. The maximum atomic E-state index is 11.8. The van der Waals surface area contributed by atoms with Crippen LogP contribution in [0, 0.1) is 0 Å². The Labute approximate surface area is 111 Å². The molecule has 18 heavy (non-hydrogen) atoms. The molecule has 1 rings (SSSR count). The summed E-state index contributed by atoms with van der Waals surface area (Å²) in [4.78, 5) is 13.1. The fourth-order valence-corrected chi connectivity index (χ4v) is 3.18. The minimum atomic E-state index is -3.59. The van der Waals surface area contributed by atoms with Crippen molar-refractivity contribution in [1.29, 1.82) is 0 Å². The van der Waals surface area contributed by atoms with E-state index in [1.165, 1.54) is 11.0 Å². The van der Waals surface area contributed by atoms with Crippen molar-refractivity contribution in [2.75, 3.05) is 20.1 Å². The van der Waals surface area contributed by atoms with E-state index in [0.29, 0.717) is 6.54 Å². The van der Waals surface area contributed by atoms with Crippen LogP contribution in [0.2, 0.25) is 0 Å². The third-order valence-corrected chi connectivity index (χ3v) is 5.37. The average Bonchev–Trinajstić information content (AvgIpc) is 2.88. The molecular weight excluding hydrogens is 274 g/mol. The quantitative estimate of drug-likeness (QED) is 0.761. The molecule has 8 heteroatoms. The zero-order chi connectivity index (χ0) is 13.8. The van der Waals surface area contributed by atoms with Crippen LogP contribution in [0.1, 0.15) is 6.92 Å². The maximum Gasteiger partial charge on any atom is 0.250 e. The normalized spacial score (nSPS) is 13.3. The van der Waals surface area contributed by atoms with E-state index in [0.717, 1.165) is 11.3 Å². The molecule has 0 aliphatic carbocycles. The fraction of sp³-hybridized carbons (Fsp3) is 0.500. The van der Waals surface area contributed by atoms with E-state index in [-0.39, 0.29) is 22.7 Å². The summed E-state index contributed by atoms with van der Waals surface area (Å²) in [6.45, 7) is 1.87. The van der Waals surface area contributed by atoms with E-state index in [1.807, 2.05) is 0 Å². The van der Waals surface area contributed by atoms with Crippen molar-refractivity contribution in [1.82, 2.24) is 9.62 Å². The van der Waals surface area contributed by atoms with Crippen LogP contribution in [0.4, 0.5) is 0 Å². The van der Waals surface area contributed by atoms with Crippen molar-refractivity contribution in [3.63, 3.8) is 0 Å². The summed E-state index contributed by atoms with van der Waals surface area (Å²) in [5.74, 6) is -0.312. The lowest BCUT2D eigenvalue weighted by Crippen LogP contribution is -2.44. The number of rotatable bonds is 6. The number of carbonyl (C=O) groups excluding carboxylic acids is 1. The van der Waals surface area contributed by atoms with E-state index in [2.05, 4.69) is 4.72 Å². The Morgan fingerprint density at radius 2 is 2.28 bits per heavy atom. The Kier molecular flexibility index (Phi) is 5.27. The molecule has 3 N–H and O–H groups in total. The van der Waals surface area contributed by atoms with Gasteiger partial charge in [0.2, 0.25) is 5.91 Å². The fourth-order valence-electron chi connectivity index (χ4n) is 1.17. The summed E-state index contributed by atoms with van der Waals surface area (Å²) in [6, 6.07) is 3.01. The highest BCUT2D eigenvalue weighted by atomic mass is 32.2. The Morgan fingerprint density at radius 3 is 2.78 bits per heavy atom. The van der Waals surface area contributed by atoms with Crippen LogP contribution in [0.25, 0.3) is 0 Å². The van der Waals surface area contributed by atoms with Gasteiger partial charge >= 0.3 is 0 Å². The molecule has 1 aromatic heterocycles. The van der Waals surface area contributed by atoms with Gasteiger partial charge in [-0.3, -0.25) is 4.79 Å². The summed E-state index contributed by atoms with van der Waals surface area (Å²) in [6.07, 6.45) is 0. The molecule has 1 atom stereocenters. The van der Waals surface area contributed by atoms with E-state index in [9.17, 15) is 13.2 Å². The molecule has 0 saturated heterocycles. The first-order valence-electron chi connectivity index (χ1n) is 5.37. The number of amides is 1. The second-order valence-corrected chi connectivity index (χ2v) is 6.79. The van der Waals surface area contributed by atoms with Crippen molar-refractivity contribution in [2.45, 2.75) is 17.2 Å². The smallest absolute Gasteiger partial charge is 0.250 e. The highest BCUT2D eigenvalue weighted by molar-refractivity contribution is 7.91. The van der Waals surface area contributed by atoms with Gasteiger partial charge < -0.3 is 10.6 Å². The molecular formula is C10H17N3O3S2. The van der Waals surface area contributed by atoms with Gasteiger partial charge in [-0.15, -0.1) is 11.3 Å². The van der Waals surface area contributed by atoms with Gasteiger partial charge in [-0.1, -0.05) is 6.07 Å². The van der Waals surface area contributed by atoms with Crippen LogP contribution in [0.3, 0.4) is 0 Å².